The summed E-state index contributed by atoms with van der Waals surface area (Å²) in [7, 11) is 0. The average molecular weight is 216 g/mol. The molecule has 0 spiro atoms. The molecule has 84 valence electrons. The molecule has 0 aliphatic heterocycles. The van der Waals surface area contributed by atoms with Crippen molar-refractivity contribution in [2.45, 2.75) is 26.9 Å². The summed E-state index contributed by atoms with van der Waals surface area (Å²) in [4.78, 5) is 0. The fraction of sp³-hybridized carbons (Fsp3) is 0.333. The summed E-state index contributed by atoms with van der Waals surface area (Å²) in [5.41, 5.74) is 10.2. The highest BCUT2D eigenvalue weighted by atomic mass is 15.4. The summed E-state index contributed by atoms with van der Waals surface area (Å²) < 4.78 is 1.83. The molecule has 0 radical (unpaired) electrons. The van der Waals surface area contributed by atoms with Crippen LogP contribution in [0.15, 0.2) is 24.4 Å². The van der Waals surface area contributed by atoms with Gasteiger partial charge in [0.2, 0.25) is 0 Å². The number of nitrogens with zero attached hydrogens (tertiary/aromatic N) is 3. The number of aryl methyl sites for hydroxylation is 2. The van der Waals surface area contributed by atoms with Crippen molar-refractivity contribution in [3.05, 3.63) is 46.8 Å². The Morgan fingerprint density at radius 1 is 1.25 bits per heavy atom. The van der Waals surface area contributed by atoms with Gasteiger partial charge in [-0.2, -0.15) is 0 Å². The maximum atomic E-state index is 5.50. The standard InChI is InChI=1S/C12H16N4/c1-9-4-3-5-10(2)12(9)8-16-7-11(6-13)14-15-16/h3-5,7H,6,8,13H2,1-2H3. The summed E-state index contributed by atoms with van der Waals surface area (Å²) >= 11 is 0. The third-order valence-corrected chi connectivity index (χ3v) is 2.76. The second-order valence-electron chi connectivity index (χ2n) is 3.98. The minimum Gasteiger partial charge on any atom is -0.325 e. The first-order valence-corrected chi connectivity index (χ1v) is 5.35. The van der Waals surface area contributed by atoms with Crippen LogP contribution in [0.1, 0.15) is 22.4 Å². The van der Waals surface area contributed by atoms with Crippen molar-refractivity contribution in [1.29, 1.82) is 0 Å². The molecule has 16 heavy (non-hydrogen) atoms. The van der Waals surface area contributed by atoms with Crippen LogP contribution in [0.3, 0.4) is 0 Å². The van der Waals surface area contributed by atoms with Gasteiger partial charge in [-0.15, -0.1) is 5.10 Å². The molecule has 0 saturated carbocycles. The largest absolute Gasteiger partial charge is 0.325 e. The highest BCUT2D eigenvalue weighted by molar-refractivity contribution is 5.33. The minimum absolute atomic E-state index is 0.437. The first-order valence-electron chi connectivity index (χ1n) is 5.35. The maximum absolute atomic E-state index is 5.50. The van der Waals surface area contributed by atoms with Crippen molar-refractivity contribution >= 4 is 0 Å². The molecule has 0 aliphatic rings. The van der Waals surface area contributed by atoms with E-state index in [0.717, 1.165) is 12.2 Å². The van der Waals surface area contributed by atoms with Gasteiger partial charge in [0.15, 0.2) is 0 Å². The van der Waals surface area contributed by atoms with E-state index in [9.17, 15) is 0 Å². The van der Waals surface area contributed by atoms with Crippen LogP contribution >= 0.6 is 0 Å². The lowest BCUT2D eigenvalue weighted by molar-refractivity contribution is 0.645. The molecule has 0 fully saturated rings. The van der Waals surface area contributed by atoms with Crippen LogP contribution < -0.4 is 5.73 Å². The van der Waals surface area contributed by atoms with E-state index in [2.05, 4.69) is 42.4 Å². The number of rotatable bonds is 3. The molecular weight excluding hydrogens is 200 g/mol. The van der Waals surface area contributed by atoms with Gasteiger partial charge in [-0.3, -0.25) is 0 Å². The lowest BCUT2D eigenvalue weighted by Crippen LogP contribution is -2.04. The molecule has 1 heterocycles. The van der Waals surface area contributed by atoms with Gasteiger partial charge in [0, 0.05) is 6.54 Å². The lowest BCUT2D eigenvalue weighted by atomic mass is 10.0. The monoisotopic (exact) mass is 216 g/mol. The van der Waals surface area contributed by atoms with Crippen molar-refractivity contribution in [2.24, 2.45) is 5.73 Å². The molecule has 1 aromatic carbocycles. The fourth-order valence-corrected chi connectivity index (χ4v) is 1.77. The summed E-state index contributed by atoms with van der Waals surface area (Å²) in [5.74, 6) is 0. The van der Waals surface area contributed by atoms with E-state index in [1.54, 1.807) is 0 Å². The zero-order valence-electron chi connectivity index (χ0n) is 9.64. The molecule has 0 bridgehead atoms. The summed E-state index contributed by atoms with van der Waals surface area (Å²) in [5, 5.41) is 8.03. The Morgan fingerprint density at radius 2 is 1.94 bits per heavy atom. The van der Waals surface area contributed by atoms with Gasteiger partial charge < -0.3 is 5.73 Å². The summed E-state index contributed by atoms with van der Waals surface area (Å²) in [6.07, 6.45) is 1.89. The molecule has 0 atom stereocenters. The smallest absolute Gasteiger partial charge is 0.0962 e. The van der Waals surface area contributed by atoms with Gasteiger partial charge in [0.25, 0.3) is 0 Å². The van der Waals surface area contributed by atoms with Crippen LogP contribution in [0.2, 0.25) is 0 Å². The van der Waals surface area contributed by atoms with Crippen LogP contribution in [-0.4, -0.2) is 15.0 Å². The Hall–Kier alpha value is -1.68. The van der Waals surface area contributed by atoms with Gasteiger partial charge in [-0.25, -0.2) is 4.68 Å². The predicted molar refractivity (Wildman–Crippen MR) is 62.9 cm³/mol. The second-order valence-corrected chi connectivity index (χ2v) is 3.98. The van der Waals surface area contributed by atoms with Gasteiger partial charge in [-0.05, 0) is 30.5 Å². The topological polar surface area (TPSA) is 56.7 Å². The van der Waals surface area contributed by atoms with Gasteiger partial charge in [0.1, 0.15) is 0 Å². The van der Waals surface area contributed by atoms with Crippen LogP contribution in [0.4, 0.5) is 0 Å². The molecule has 0 saturated heterocycles. The van der Waals surface area contributed by atoms with Gasteiger partial charge >= 0.3 is 0 Å². The summed E-state index contributed by atoms with van der Waals surface area (Å²) in [6, 6.07) is 6.30. The molecule has 2 aromatic rings. The lowest BCUT2D eigenvalue weighted by Gasteiger charge is -2.08. The van der Waals surface area contributed by atoms with Crippen LogP contribution in [0.25, 0.3) is 0 Å². The molecule has 0 unspecified atom stereocenters. The van der Waals surface area contributed by atoms with E-state index >= 15 is 0 Å². The van der Waals surface area contributed by atoms with Crippen molar-refractivity contribution in [1.82, 2.24) is 15.0 Å². The number of benzene rings is 1. The predicted octanol–water partition coefficient (Wildman–Crippen LogP) is 1.40. The van der Waals surface area contributed by atoms with Gasteiger partial charge in [-0.1, -0.05) is 23.4 Å². The Bertz CT molecular complexity index is 467. The highest BCUT2D eigenvalue weighted by Gasteiger charge is 2.04. The second kappa shape index (κ2) is 4.45. The van der Waals surface area contributed by atoms with E-state index in [-0.39, 0.29) is 0 Å². The first-order chi connectivity index (χ1) is 7.70. The van der Waals surface area contributed by atoms with E-state index < -0.39 is 0 Å². The SMILES string of the molecule is Cc1cccc(C)c1Cn1cc(CN)nn1. The highest BCUT2D eigenvalue weighted by Crippen LogP contribution is 2.14. The zero-order valence-corrected chi connectivity index (χ0v) is 9.64. The van der Waals surface area contributed by atoms with E-state index in [1.807, 2.05) is 10.9 Å². The van der Waals surface area contributed by atoms with Gasteiger partial charge in [0.05, 0.1) is 18.4 Å². The van der Waals surface area contributed by atoms with Crippen molar-refractivity contribution in [3.63, 3.8) is 0 Å². The number of hydrogen-bond donors (Lipinski definition) is 1. The zero-order chi connectivity index (χ0) is 11.5. The summed E-state index contributed by atoms with van der Waals surface area (Å²) in [6.45, 7) is 5.42. The number of hydrogen-bond acceptors (Lipinski definition) is 3. The normalized spacial score (nSPS) is 10.7. The van der Waals surface area contributed by atoms with E-state index in [1.165, 1.54) is 16.7 Å². The quantitative estimate of drug-likeness (QED) is 0.843. The number of aromatic nitrogens is 3. The molecule has 2 N–H and O–H groups in total. The minimum atomic E-state index is 0.437. The van der Waals surface area contributed by atoms with E-state index in [4.69, 9.17) is 5.73 Å². The molecule has 0 amide bonds. The third-order valence-electron chi connectivity index (χ3n) is 2.76. The Kier molecular flexibility index (Phi) is 3.01. The van der Waals surface area contributed by atoms with Crippen LogP contribution in [-0.2, 0) is 13.1 Å². The third kappa shape index (κ3) is 2.12. The molecular formula is C12H16N4. The van der Waals surface area contributed by atoms with Crippen molar-refractivity contribution in [2.75, 3.05) is 0 Å². The first kappa shape index (κ1) is 10.8. The van der Waals surface area contributed by atoms with Crippen molar-refractivity contribution < 1.29 is 0 Å². The molecule has 4 heteroatoms. The van der Waals surface area contributed by atoms with E-state index in [0.29, 0.717) is 6.54 Å². The molecule has 1 aromatic heterocycles. The Morgan fingerprint density at radius 3 is 2.50 bits per heavy atom. The maximum Gasteiger partial charge on any atom is 0.0962 e. The average Bonchev–Trinajstić information content (AvgIpc) is 2.71. The Balaban J connectivity index is 2.26. The van der Waals surface area contributed by atoms with Crippen LogP contribution in [0.5, 0.6) is 0 Å². The molecule has 2 rings (SSSR count). The van der Waals surface area contributed by atoms with Crippen LogP contribution in [0, 0.1) is 13.8 Å². The van der Waals surface area contributed by atoms with Crippen molar-refractivity contribution in [3.8, 4) is 0 Å². The fourth-order valence-electron chi connectivity index (χ4n) is 1.77. The Labute approximate surface area is 95.1 Å². The molecule has 4 nitrogen and oxygen atoms in total. The number of nitrogens with two attached hydrogens (primary N) is 1. The molecule has 0 aliphatic carbocycles.